The lowest BCUT2D eigenvalue weighted by Crippen LogP contribution is -2.06. The SMILES string of the molecule is Cc1nc(NC(=O)O)sc1C(O)c1ccc(Cl)c(Cl)c1. The minimum absolute atomic E-state index is 0.212. The number of rotatable bonds is 3. The zero-order chi connectivity index (χ0) is 14.9. The van der Waals surface area contributed by atoms with E-state index in [-0.39, 0.29) is 5.13 Å². The van der Waals surface area contributed by atoms with E-state index in [0.29, 0.717) is 26.2 Å². The van der Waals surface area contributed by atoms with Gasteiger partial charge in [-0.3, -0.25) is 5.32 Å². The molecule has 0 spiro atoms. The third-order valence-electron chi connectivity index (χ3n) is 2.55. The Balaban J connectivity index is 2.32. The number of halogens is 2. The van der Waals surface area contributed by atoms with Crippen LogP contribution in [-0.4, -0.2) is 21.3 Å². The van der Waals surface area contributed by atoms with E-state index in [0.717, 1.165) is 11.3 Å². The van der Waals surface area contributed by atoms with Crippen LogP contribution in [0.5, 0.6) is 0 Å². The molecule has 2 rings (SSSR count). The number of aliphatic hydroxyl groups excluding tert-OH is 1. The summed E-state index contributed by atoms with van der Waals surface area (Å²) in [7, 11) is 0. The summed E-state index contributed by atoms with van der Waals surface area (Å²) >= 11 is 12.8. The van der Waals surface area contributed by atoms with Gasteiger partial charge >= 0.3 is 6.09 Å². The van der Waals surface area contributed by atoms with Gasteiger partial charge in [0.2, 0.25) is 0 Å². The molecule has 1 heterocycles. The van der Waals surface area contributed by atoms with Crippen LogP contribution in [0, 0.1) is 6.92 Å². The van der Waals surface area contributed by atoms with Crippen molar-refractivity contribution in [2.45, 2.75) is 13.0 Å². The van der Waals surface area contributed by atoms with E-state index in [9.17, 15) is 9.90 Å². The molecule has 0 radical (unpaired) electrons. The fourth-order valence-corrected chi connectivity index (χ4v) is 2.92. The first-order chi connectivity index (χ1) is 9.38. The zero-order valence-corrected chi connectivity index (χ0v) is 12.6. The minimum atomic E-state index is -1.20. The molecule has 1 unspecified atom stereocenters. The number of amides is 1. The number of nitrogens with one attached hydrogen (secondary N) is 1. The van der Waals surface area contributed by atoms with Crippen molar-refractivity contribution in [1.82, 2.24) is 4.98 Å². The first-order valence-electron chi connectivity index (χ1n) is 5.48. The minimum Gasteiger partial charge on any atom is -0.465 e. The van der Waals surface area contributed by atoms with Gasteiger partial charge in [-0.2, -0.15) is 0 Å². The molecule has 0 aliphatic rings. The van der Waals surface area contributed by atoms with Gasteiger partial charge in [-0.15, -0.1) is 0 Å². The largest absolute Gasteiger partial charge is 0.465 e. The molecule has 5 nitrogen and oxygen atoms in total. The van der Waals surface area contributed by atoms with Crippen LogP contribution in [0.1, 0.15) is 22.2 Å². The summed E-state index contributed by atoms with van der Waals surface area (Å²) in [6.07, 6.45) is -2.14. The average Bonchev–Trinajstić information content (AvgIpc) is 2.72. The number of aryl methyl sites for hydroxylation is 1. The molecule has 0 saturated carbocycles. The maximum absolute atomic E-state index is 10.6. The van der Waals surface area contributed by atoms with E-state index in [4.69, 9.17) is 28.3 Å². The second-order valence-corrected chi connectivity index (χ2v) is 5.82. The summed E-state index contributed by atoms with van der Waals surface area (Å²) in [5.41, 5.74) is 1.12. The molecule has 1 amide bonds. The Morgan fingerprint density at radius 1 is 1.40 bits per heavy atom. The third-order valence-corrected chi connectivity index (χ3v) is 4.42. The van der Waals surface area contributed by atoms with E-state index in [1.807, 2.05) is 0 Å². The van der Waals surface area contributed by atoms with Gasteiger partial charge in [0.1, 0.15) is 6.10 Å². The number of hydrogen-bond donors (Lipinski definition) is 3. The van der Waals surface area contributed by atoms with Gasteiger partial charge in [0, 0.05) is 0 Å². The van der Waals surface area contributed by atoms with Gasteiger partial charge in [-0.05, 0) is 24.6 Å². The molecule has 1 aromatic carbocycles. The van der Waals surface area contributed by atoms with Crippen LogP contribution in [-0.2, 0) is 0 Å². The quantitative estimate of drug-likeness (QED) is 0.795. The van der Waals surface area contributed by atoms with Crippen molar-refractivity contribution in [2.75, 3.05) is 5.32 Å². The van der Waals surface area contributed by atoms with Crippen molar-refractivity contribution in [3.05, 3.63) is 44.4 Å². The highest BCUT2D eigenvalue weighted by molar-refractivity contribution is 7.16. The highest BCUT2D eigenvalue weighted by Gasteiger charge is 2.19. The van der Waals surface area contributed by atoms with Crippen LogP contribution in [0.4, 0.5) is 9.93 Å². The number of carbonyl (C=O) groups is 1. The normalized spacial score (nSPS) is 12.2. The Morgan fingerprint density at radius 3 is 2.70 bits per heavy atom. The number of aromatic nitrogens is 1. The Labute approximate surface area is 128 Å². The maximum Gasteiger partial charge on any atom is 0.410 e. The Hall–Kier alpha value is -1.34. The van der Waals surface area contributed by atoms with Crippen molar-refractivity contribution in [1.29, 1.82) is 0 Å². The number of thiazole rings is 1. The standard InChI is InChI=1S/C12H10Cl2N2O3S/c1-5-10(20-11(15-5)16-12(18)19)9(17)6-2-3-7(13)8(14)4-6/h2-4,9,17H,1H3,(H,15,16)(H,18,19). The highest BCUT2D eigenvalue weighted by atomic mass is 35.5. The monoisotopic (exact) mass is 332 g/mol. The lowest BCUT2D eigenvalue weighted by molar-refractivity contribution is 0.209. The third kappa shape index (κ3) is 3.21. The van der Waals surface area contributed by atoms with Crippen molar-refractivity contribution in [3.63, 3.8) is 0 Å². The molecule has 0 aliphatic heterocycles. The topological polar surface area (TPSA) is 82.5 Å². The van der Waals surface area contributed by atoms with Crippen molar-refractivity contribution >= 4 is 45.8 Å². The molecule has 8 heteroatoms. The second kappa shape index (κ2) is 5.97. The summed E-state index contributed by atoms with van der Waals surface area (Å²) in [6, 6.07) is 4.82. The lowest BCUT2D eigenvalue weighted by Gasteiger charge is -2.10. The number of hydrogen-bond acceptors (Lipinski definition) is 4. The van der Waals surface area contributed by atoms with E-state index in [1.165, 1.54) is 0 Å². The molecule has 0 bridgehead atoms. The van der Waals surface area contributed by atoms with Crippen molar-refractivity contribution in [3.8, 4) is 0 Å². The summed E-state index contributed by atoms with van der Waals surface area (Å²) in [5, 5.41) is 22.1. The van der Waals surface area contributed by atoms with Gasteiger partial charge in [0.15, 0.2) is 5.13 Å². The van der Waals surface area contributed by atoms with Crippen LogP contribution in [0.25, 0.3) is 0 Å². The zero-order valence-electron chi connectivity index (χ0n) is 10.2. The van der Waals surface area contributed by atoms with Gasteiger partial charge < -0.3 is 10.2 Å². The summed E-state index contributed by atoms with van der Waals surface area (Å²) in [6.45, 7) is 1.69. The van der Waals surface area contributed by atoms with Crippen LogP contribution >= 0.6 is 34.5 Å². The first-order valence-corrected chi connectivity index (χ1v) is 7.06. The van der Waals surface area contributed by atoms with Crippen LogP contribution in [0.3, 0.4) is 0 Å². The van der Waals surface area contributed by atoms with Crippen LogP contribution < -0.4 is 5.32 Å². The summed E-state index contributed by atoms with van der Waals surface area (Å²) < 4.78 is 0. The average molecular weight is 333 g/mol. The first kappa shape index (κ1) is 15.1. The van der Waals surface area contributed by atoms with Crippen LogP contribution in [0.15, 0.2) is 18.2 Å². The van der Waals surface area contributed by atoms with Gasteiger partial charge in [-0.25, -0.2) is 9.78 Å². The molecule has 106 valence electrons. The summed E-state index contributed by atoms with van der Waals surface area (Å²) in [5.74, 6) is 0. The molecule has 0 fully saturated rings. The Kier molecular flexibility index (Phi) is 4.49. The Bertz CT molecular complexity index is 660. The molecule has 1 atom stereocenters. The number of benzene rings is 1. The molecular weight excluding hydrogens is 323 g/mol. The smallest absolute Gasteiger partial charge is 0.410 e. The molecule has 1 aromatic heterocycles. The number of aliphatic hydroxyl groups is 1. The molecule has 2 aromatic rings. The van der Waals surface area contributed by atoms with E-state index < -0.39 is 12.2 Å². The van der Waals surface area contributed by atoms with Gasteiger partial charge in [0.25, 0.3) is 0 Å². The number of anilines is 1. The number of carboxylic acid groups (broad SMARTS) is 1. The highest BCUT2D eigenvalue weighted by Crippen LogP contribution is 2.34. The van der Waals surface area contributed by atoms with Crippen molar-refractivity contribution < 1.29 is 15.0 Å². The molecule has 20 heavy (non-hydrogen) atoms. The molecule has 3 N–H and O–H groups in total. The molecule has 0 aliphatic carbocycles. The predicted octanol–water partition coefficient (Wildman–Crippen LogP) is 3.93. The maximum atomic E-state index is 10.6. The Morgan fingerprint density at radius 2 is 2.10 bits per heavy atom. The fourth-order valence-electron chi connectivity index (χ4n) is 1.64. The summed E-state index contributed by atoms with van der Waals surface area (Å²) in [4.78, 5) is 15.2. The van der Waals surface area contributed by atoms with Gasteiger partial charge in [0.05, 0.1) is 20.6 Å². The second-order valence-electron chi connectivity index (χ2n) is 3.97. The van der Waals surface area contributed by atoms with Crippen molar-refractivity contribution in [2.24, 2.45) is 0 Å². The van der Waals surface area contributed by atoms with E-state index in [2.05, 4.69) is 10.3 Å². The number of nitrogens with zero attached hydrogens (tertiary/aromatic N) is 1. The predicted molar refractivity (Wildman–Crippen MR) is 79.0 cm³/mol. The fraction of sp³-hybridized carbons (Fsp3) is 0.167. The van der Waals surface area contributed by atoms with E-state index in [1.54, 1.807) is 25.1 Å². The molecular formula is C12H10Cl2N2O3S. The molecule has 0 saturated heterocycles. The van der Waals surface area contributed by atoms with E-state index >= 15 is 0 Å². The van der Waals surface area contributed by atoms with Crippen LogP contribution in [0.2, 0.25) is 10.0 Å². The van der Waals surface area contributed by atoms with Gasteiger partial charge in [-0.1, -0.05) is 40.6 Å². The lowest BCUT2D eigenvalue weighted by atomic mass is 10.1.